The number of nitrogen functional groups attached to an aromatic ring is 1. The molecule has 1 amide bonds. The first kappa shape index (κ1) is 16.9. The van der Waals surface area contributed by atoms with Crippen molar-refractivity contribution in [2.45, 2.75) is 6.18 Å². The number of amides is 1. The summed E-state index contributed by atoms with van der Waals surface area (Å²) in [6.07, 6.45) is -4.74. The van der Waals surface area contributed by atoms with Gasteiger partial charge in [0.2, 0.25) is 5.78 Å². The molecule has 23 heavy (non-hydrogen) atoms. The van der Waals surface area contributed by atoms with Crippen molar-refractivity contribution >= 4 is 23.3 Å². The molecule has 0 saturated heterocycles. The van der Waals surface area contributed by atoms with Crippen LogP contribution in [0.15, 0.2) is 36.4 Å². The van der Waals surface area contributed by atoms with Gasteiger partial charge in [0.25, 0.3) is 5.91 Å². The highest BCUT2D eigenvalue weighted by Crippen LogP contribution is 2.33. The molecule has 1 aromatic carbocycles. The zero-order chi connectivity index (χ0) is 17.2. The highest BCUT2D eigenvalue weighted by molar-refractivity contribution is 6.30. The highest BCUT2D eigenvalue weighted by atomic mass is 35.5. The molecule has 0 unspecified atom stereocenters. The first-order valence-electron chi connectivity index (χ1n) is 6.14. The van der Waals surface area contributed by atoms with Gasteiger partial charge in [-0.25, -0.2) is 10.8 Å². The topological polar surface area (TPSA) is 85.1 Å². The summed E-state index contributed by atoms with van der Waals surface area (Å²) in [6, 6.07) is 6.56. The standard InChI is InChI=1S/C14H9ClF3N3O2/c15-10-6-5-8(13(23)21-19)11(20-10)12(22)7-3-1-2-4-9(7)14(16,17)18/h1-6H,19H2,(H,21,23). The number of hydrogen-bond acceptors (Lipinski definition) is 4. The smallest absolute Gasteiger partial charge is 0.290 e. The van der Waals surface area contributed by atoms with Gasteiger partial charge in [-0.3, -0.25) is 15.0 Å². The Hall–Kier alpha value is -2.45. The molecule has 0 aliphatic rings. The Balaban J connectivity index is 2.63. The third kappa shape index (κ3) is 3.49. The number of alkyl halides is 3. The molecule has 0 spiro atoms. The molecule has 2 aromatic rings. The summed E-state index contributed by atoms with van der Waals surface area (Å²) in [5.74, 6) is 3.04. The van der Waals surface area contributed by atoms with Crippen molar-refractivity contribution in [2.75, 3.05) is 0 Å². The Morgan fingerprint density at radius 2 is 1.74 bits per heavy atom. The van der Waals surface area contributed by atoms with Crippen molar-refractivity contribution < 1.29 is 22.8 Å². The first-order valence-corrected chi connectivity index (χ1v) is 6.52. The number of benzene rings is 1. The first-order chi connectivity index (χ1) is 10.8. The van der Waals surface area contributed by atoms with Gasteiger partial charge in [0.1, 0.15) is 10.8 Å². The third-order valence-electron chi connectivity index (χ3n) is 2.93. The Morgan fingerprint density at radius 3 is 2.35 bits per heavy atom. The zero-order valence-electron chi connectivity index (χ0n) is 11.3. The zero-order valence-corrected chi connectivity index (χ0v) is 12.1. The van der Waals surface area contributed by atoms with E-state index in [1.54, 1.807) is 5.43 Å². The van der Waals surface area contributed by atoms with E-state index in [2.05, 4.69) is 4.98 Å². The van der Waals surface area contributed by atoms with Gasteiger partial charge in [-0.05, 0) is 18.2 Å². The van der Waals surface area contributed by atoms with Gasteiger partial charge in [0.05, 0.1) is 11.1 Å². The van der Waals surface area contributed by atoms with Crippen LogP contribution in [0.3, 0.4) is 0 Å². The second kappa shape index (κ2) is 6.35. The molecule has 0 aliphatic heterocycles. The number of carbonyl (C=O) groups is 2. The maximum Gasteiger partial charge on any atom is 0.417 e. The summed E-state index contributed by atoms with van der Waals surface area (Å²) in [4.78, 5) is 27.8. The fourth-order valence-corrected chi connectivity index (χ4v) is 2.07. The molecular formula is C14H9ClF3N3O2. The lowest BCUT2D eigenvalue weighted by Crippen LogP contribution is -2.32. The normalized spacial score (nSPS) is 11.2. The fourth-order valence-electron chi connectivity index (χ4n) is 1.93. The quantitative estimate of drug-likeness (QED) is 0.295. The molecule has 3 N–H and O–H groups in total. The molecule has 2 rings (SSSR count). The molecule has 0 atom stereocenters. The Labute approximate surface area is 133 Å². The van der Waals surface area contributed by atoms with Crippen LogP contribution in [-0.2, 0) is 6.18 Å². The van der Waals surface area contributed by atoms with E-state index in [1.165, 1.54) is 12.1 Å². The second-order valence-electron chi connectivity index (χ2n) is 4.38. The number of rotatable bonds is 3. The van der Waals surface area contributed by atoms with Gasteiger partial charge in [0.15, 0.2) is 0 Å². The van der Waals surface area contributed by atoms with Gasteiger partial charge in [-0.2, -0.15) is 13.2 Å². The second-order valence-corrected chi connectivity index (χ2v) is 4.76. The predicted molar refractivity (Wildman–Crippen MR) is 75.8 cm³/mol. The molecule has 0 radical (unpaired) electrons. The molecule has 5 nitrogen and oxygen atoms in total. The Bertz CT molecular complexity index is 778. The molecule has 1 heterocycles. The molecule has 0 saturated carbocycles. The molecule has 9 heteroatoms. The number of nitrogens with two attached hydrogens (primary N) is 1. The molecular weight excluding hydrogens is 335 g/mol. The van der Waals surface area contributed by atoms with Crippen LogP contribution in [0.2, 0.25) is 5.15 Å². The van der Waals surface area contributed by atoms with E-state index in [4.69, 9.17) is 17.4 Å². The number of nitrogens with zero attached hydrogens (tertiary/aromatic N) is 1. The molecule has 0 fully saturated rings. The molecule has 120 valence electrons. The summed E-state index contributed by atoms with van der Waals surface area (Å²) in [7, 11) is 0. The number of halogens is 4. The molecule has 0 aliphatic carbocycles. The van der Waals surface area contributed by atoms with Crippen molar-refractivity contribution in [3.63, 3.8) is 0 Å². The minimum atomic E-state index is -4.74. The lowest BCUT2D eigenvalue weighted by Gasteiger charge is -2.13. The highest BCUT2D eigenvalue weighted by Gasteiger charge is 2.36. The predicted octanol–water partition coefficient (Wildman–Crippen LogP) is 2.59. The van der Waals surface area contributed by atoms with E-state index in [0.29, 0.717) is 0 Å². The van der Waals surface area contributed by atoms with Crippen molar-refractivity contribution in [1.82, 2.24) is 10.4 Å². The van der Waals surface area contributed by atoms with Crippen LogP contribution in [-0.4, -0.2) is 16.7 Å². The number of ketones is 1. The minimum absolute atomic E-state index is 0.147. The number of aromatic nitrogens is 1. The van der Waals surface area contributed by atoms with Gasteiger partial charge in [-0.15, -0.1) is 0 Å². The largest absolute Gasteiger partial charge is 0.417 e. The van der Waals surface area contributed by atoms with Crippen LogP contribution in [0.1, 0.15) is 32.0 Å². The monoisotopic (exact) mass is 343 g/mol. The third-order valence-corrected chi connectivity index (χ3v) is 3.14. The van der Waals surface area contributed by atoms with Crippen molar-refractivity contribution in [2.24, 2.45) is 5.84 Å². The average Bonchev–Trinajstić information content (AvgIpc) is 2.52. The summed E-state index contributed by atoms with van der Waals surface area (Å²) in [5, 5.41) is -0.147. The fraction of sp³-hybridized carbons (Fsp3) is 0.0714. The Kier molecular flexibility index (Phi) is 4.67. The van der Waals surface area contributed by atoms with Gasteiger partial charge >= 0.3 is 6.18 Å². The van der Waals surface area contributed by atoms with E-state index >= 15 is 0 Å². The van der Waals surface area contributed by atoms with Gasteiger partial charge in [0, 0.05) is 5.56 Å². The van der Waals surface area contributed by atoms with Crippen LogP contribution >= 0.6 is 11.6 Å². The number of pyridine rings is 1. The average molecular weight is 344 g/mol. The molecule has 1 aromatic heterocycles. The maximum absolute atomic E-state index is 13.0. The van der Waals surface area contributed by atoms with Crippen molar-refractivity contribution in [1.29, 1.82) is 0 Å². The number of nitrogens with one attached hydrogen (secondary N) is 1. The van der Waals surface area contributed by atoms with E-state index in [1.807, 2.05) is 0 Å². The molecule has 0 bridgehead atoms. The summed E-state index contributed by atoms with van der Waals surface area (Å²) in [5.41, 5.74) is -0.771. The lowest BCUT2D eigenvalue weighted by molar-refractivity contribution is -0.137. The van der Waals surface area contributed by atoms with E-state index in [-0.39, 0.29) is 10.7 Å². The van der Waals surface area contributed by atoms with Gasteiger partial charge in [-0.1, -0.05) is 29.8 Å². The van der Waals surface area contributed by atoms with Gasteiger partial charge < -0.3 is 0 Å². The summed E-state index contributed by atoms with van der Waals surface area (Å²) >= 11 is 5.68. The summed E-state index contributed by atoms with van der Waals surface area (Å²) in [6.45, 7) is 0. The number of hydrazine groups is 1. The van der Waals surface area contributed by atoms with Crippen LogP contribution in [0.5, 0.6) is 0 Å². The SMILES string of the molecule is NNC(=O)c1ccc(Cl)nc1C(=O)c1ccccc1C(F)(F)F. The van der Waals surface area contributed by atoms with E-state index in [0.717, 1.165) is 24.3 Å². The summed E-state index contributed by atoms with van der Waals surface area (Å²) < 4.78 is 39.1. The lowest BCUT2D eigenvalue weighted by atomic mass is 9.98. The van der Waals surface area contributed by atoms with Crippen LogP contribution in [0, 0.1) is 0 Å². The van der Waals surface area contributed by atoms with Crippen molar-refractivity contribution in [3.05, 3.63) is 63.9 Å². The number of hydrogen-bond donors (Lipinski definition) is 2. The van der Waals surface area contributed by atoms with Crippen LogP contribution < -0.4 is 11.3 Å². The van der Waals surface area contributed by atoms with Crippen molar-refractivity contribution in [3.8, 4) is 0 Å². The van der Waals surface area contributed by atoms with E-state index < -0.39 is 34.7 Å². The van der Waals surface area contributed by atoms with E-state index in [9.17, 15) is 22.8 Å². The minimum Gasteiger partial charge on any atom is -0.290 e. The maximum atomic E-state index is 13.0. The Morgan fingerprint density at radius 1 is 1.09 bits per heavy atom. The van der Waals surface area contributed by atoms with Crippen LogP contribution in [0.4, 0.5) is 13.2 Å². The number of carbonyl (C=O) groups excluding carboxylic acids is 2. The van der Waals surface area contributed by atoms with Crippen LogP contribution in [0.25, 0.3) is 0 Å².